The third kappa shape index (κ3) is 6.36. The Labute approximate surface area is 221 Å². The van der Waals surface area contributed by atoms with Crippen molar-refractivity contribution in [1.29, 1.82) is 0 Å². The normalized spacial score (nSPS) is 16.6. The van der Waals surface area contributed by atoms with Crippen LogP contribution in [0.5, 0.6) is 0 Å². The second-order valence-corrected chi connectivity index (χ2v) is 12.4. The Morgan fingerprint density at radius 2 is 1.89 bits per heavy atom. The van der Waals surface area contributed by atoms with Crippen molar-refractivity contribution >= 4 is 23.0 Å². The molecule has 2 aromatic heterocycles. The number of carbonyl (C=O) groups is 1. The number of rotatable bonds is 9. The van der Waals surface area contributed by atoms with E-state index in [1.807, 2.05) is 31.9 Å². The molecule has 0 saturated heterocycles. The number of halogens is 4. The van der Waals surface area contributed by atoms with Crippen LogP contribution in [0.15, 0.2) is 48.8 Å². The number of hydrogen-bond donors (Lipinski definition) is 3. The minimum atomic E-state index is -4.74. The van der Waals surface area contributed by atoms with Crippen LogP contribution in [0.3, 0.4) is 0 Å². The fraction of sp³-hybridized carbons (Fsp3) is 0.423. The van der Waals surface area contributed by atoms with Crippen molar-refractivity contribution in [3.8, 4) is 0 Å². The van der Waals surface area contributed by atoms with Crippen molar-refractivity contribution < 1.29 is 26.9 Å². The Morgan fingerprint density at radius 1 is 1.16 bits per heavy atom. The van der Waals surface area contributed by atoms with Crippen LogP contribution in [0.2, 0.25) is 0 Å². The highest BCUT2D eigenvalue weighted by atomic mass is 32.2. The number of nitrogens with one attached hydrogen (secondary N) is 3. The lowest BCUT2D eigenvalue weighted by atomic mass is 9.80. The van der Waals surface area contributed by atoms with Crippen LogP contribution >= 0.6 is 0 Å². The molecule has 0 spiro atoms. The van der Waals surface area contributed by atoms with Crippen molar-refractivity contribution in [2.75, 3.05) is 5.32 Å². The molecule has 3 aromatic rings. The summed E-state index contributed by atoms with van der Waals surface area (Å²) in [7, 11) is 0. The summed E-state index contributed by atoms with van der Waals surface area (Å²) in [6.07, 6.45) is 2.08. The molecular formula is C26H29F4N5O2S. The highest BCUT2D eigenvalue weighted by Crippen LogP contribution is 2.43. The van der Waals surface area contributed by atoms with Crippen LogP contribution in [0, 0.1) is 11.7 Å². The summed E-state index contributed by atoms with van der Waals surface area (Å²) in [5, 5.41) is 7.50. The zero-order valence-corrected chi connectivity index (χ0v) is 22.0. The van der Waals surface area contributed by atoms with E-state index in [4.69, 9.17) is 0 Å². The monoisotopic (exact) mass is 551 g/mol. The molecule has 1 unspecified atom stereocenters. The number of pyridine rings is 1. The van der Waals surface area contributed by atoms with Crippen LogP contribution in [0.25, 0.3) is 0 Å². The SMILES string of the molecule is CC(C)(C)[S@@+]([O-])NC(CCC1CC1)(c1cccnc1)c1ccc(F)c(NC(=O)c2cc(C(F)(F)F)n[nH]2)c1. The van der Waals surface area contributed by atoms with E-state index in [1.54, 1.807) is 24.5 Å². The summed E-state index contributed by atoms with van der Waals surface area (Å²) >= 11 is -1.54. The van der Waals surface area contributed by atoms with E-state index >= 15 is 0 Å². The lowest BCUT2D eigenvalue weighted by Gasteiger charge is -2.38. The van der Waals surface area contributed by atoms with Crippen LogP contribution in [0.1, 0.15) is 73.8 Å². The van der Waals surface area contributed by atoms with Gasteiger partial charge in [0.1, 0.15) is 21.8 Å². The van der Waals surface area contributed by atoms with Gasteiger partial charge in [-0.25, -0.2) is 4.39 Å². The topological polar surface area (TPSA) is 106 Å². The van der Waals surface area contributed by atoms with Gasteiger partial charge >= 0.3 is 6.18 Å². The Kier molecular flexibility index (Phi) is 7.87. The number of alkyl halides is 3. The number of aromatic amines is 1. The second-order valence-electron chi connectivity index (χ2n) is 10.4. The van der Waals surface area contributed by atoms with E-state index in [0.717, 1.165) is 19.3 Å². The summed E-state index contributed by atoms with van der Waals surface area (Å²) in [6.45, 7) is 5.50. The van der Waals surface area contributed by atoms with E-state index in [-0.39, 0.29) is 5.69 Å². The van der Waals surface area contributed by atoms with Crippen molar-refractivity contribution in [1.82, 2.24) is 19.9 Å². The first-order valence-electron chi connectivity index (χ1n) is 12.1. The van der Waals surface area contributed by atoms with Crippen molar-refractivity contribution in [2.24, 2.45) is 5.92 Å². The van der Waals surface area contributed by atoms with Gasteiger partial charge in [-0.15, -0.1) is 4.72 Å². The van der Waals surface area contributed by atoms with Gasteiger partial charge in [-0.1, -0.05) is 25.0 Å². The summed E-state index contributed by atoms with van der Waals surface area (Å²) < 4.78 is 69.7. The summed E-state index contributed by atoms with van der Waals surface area (Å²) in [6, 6.07) is 8.30. The molecule has 3 N–H and O–H groups in total. The standard InChI is InChI=1S/C26H29F4N5O2S/c1-24(2,3)38(37)35-25(11-10-16-6-7-16,18-5-4-12-31-15-18)17-8-9-19(27)20(13-17)32-23(36)21-14-22(34-33-21)26(28,29)30/h4-5,8-9,12-16,35H,6-7,10-11H2,1-3H3,(H,32,36)(H,33,34)/t25?,38-/m1/s1. The van der Waals surface area contributed by atoms with E-state index < -0.39 is 50.9 Å². The number of nitrogens with zero attached hydrogens (tertiary/aromatic N) is 2. The van der Waals surface area contributed by atoms with Gasteiger partial charge in [0, 0.05) is 29.8 Å². The molecule has 0 radical (unpaired) electrons. The number of carbonyl (C=O) groups excluding carboxylic acids is 1. The molecule has 38 heavy (non-hydrogen) atoms. The Hall–Kier alpha value is -2.96. The fourth-order valence-electron chi connectivity index (χ4n) is 4.04. The van der Waals surface area contributed by atoms with Crippen LogP contribution in [0.4, 0.5) is 23.2 Å². The van der Waals surface area contributed by atoms with E-state index in [0.29, 0.717) is 29.5 Å². The van der Waals surface area contributed by atoms with Gasteiger partial charge in [-0.05, 0) is 68.9 Å². The summed E-state index contributed by atoms with van der Waals surface area (Å²) in [5.74, 6) is -1.24. The van der Waals surface area contributed by atoms with Crippen molar-refractivity contribution in [2.45, 2.75) is 62.9 Å². The Balaban J connectivity index is 1.75. The summed E-state index contributed by atoms with van der Waals surface area (Å²) in [4.78, 5) is 16.9. The third-order valence-electron chi connectivity index (χ3n) is 6.42. The highest BCUT2D eigenvalue weighted by molar-refractivity contribution is 7.90. The van der Waals surface area contributed by atoms with Gasteiger partial charge in [0.2, 0.25) is 0 Å². The quantitative estimate of drug-likeness (QED) is 0.234. The smallest absolute Gasteiger partial charge is 0.435 e. The largest absolute Gasteiger partial charge is 0.598 e. The fourth-order valence-corrected chi connectivity index (χ4v) is 5.00. The third-order valence-corrected chi connectivity index (χ3v) is 8.07. The molecule has 1 aliphatic carbocycles. The molecule has 1 fully saturated rings. The molecule has 2 heterocycles. The Bertz CT molecular complexity index is 1270. The van der Waals surface area contributed by atoms with Gasteiger partial charge in [-0.3, -0.25) is 14.9 Å². The maximum absolute atomic E-state index is 14.9. The van der Waals surface area contributed by atoms with E-state index in [9.17, 15) is 26.9 Å². The molecule has 0 aliphatic heterocycles. The number of aromatic nitrogens is 3. The first kappa shape index (κ1) is 28.1. The molecular weight excluding hydrogens is 522 g/mol. The molecule has 12 heteroatoms. The van der Waals surface area contributed by atoms with Gasteiger partial charge in [0.15, 0.2) is 5.69 Å². The first-order valence-corrected chi connectivity index (χ1v) is 13.3. The lowest BCUT2D eigenvalue weighted by molar-refractivity contribution is -0.141. The zero-order valence-electron chi connectivity index (χ0n) is 21.2. The summed E-state index contributed by atoms with van der Waals surface area (Å²) in [5.41, 5.74) is -1.77. The predicted octanol–water partition coefficient (Wildman–Crippen LogP) is 5.70. The minimum absolute atomic E-state index is 0.237. The average molecular weight is 552 g/mol. The Morgan fingerprint density at radius 3 is 2.47 bits per heavy atom. The zero-order chi connectivity index (χ0) is 27.7. The molecule has 1 amide bonds. The number of amides is 1. The molecule has 0 bridgehead atoms. The molecule has 4 rings (SSSR count). The number of hydrogen-bond acceptors (Lipinski definition) is 5. The second kappa shape index (κ2) is 10.7. The first-order chi connectivity index (χ1) is 17.8. The maximum Gasteiger partial charge on any atom is 0.435 e. The van der Waals surface area contributed by atoms with Gasteiger partial charge in [-0.2, -0.15) is 18.3 Å². The molecule has 1 aromatic carbocycles. The molecule has 1 aliphatic rings. The van der Waals surface area contributed by atoms with Gasteiger partial charge in [0.05, 0.1) is 5.69 Å². The van der Waals surface area contributed by atoms with Gasteiger partial charge < -0.3 is 9.87 Å². The van der Waals surface area contributed by atoms with Crippen LogP contribution in [-0.2, 0) is 23.1 Å². The number of benzene rings is 1. The highest BCUT2D eigenvalue weighted by Gasteiger charge is 2.43. The minimum Gasteiger partial charge on any atom is -0.598 e. The van der Waals surface area contributed by atoms with E-state index in [2.05, 4.69) is 20.1 Å². The number of H-pyrrole nitrogens is 1. The molecule has 7 nitrogen and oxygen atoms in total. The maximum atomic E-state index is 14.9. The molecule has 2 atom stereocenters. The van der Waals surface area contributed by atoms with Crippen molar-refractivity contribution in [3.05, 3.63) is 77.1 Å². The molecule has 204 valence electrons. The molecule has 1 saturated carbocycles. The van der Waals surface area contributed by atoms with E-state index in [1.165, 1.54) is 12.1 Å². The number of anilines is 1. The van der Waals surface area contributed by atoms with Crippen molar-refractivity contribution in [3.63, 3.8) is 0 Å². The predicted molar refractivity (Wildman–Crippen MR) is 136 cm³/mol. The van der Waals surface area contributed by atoms with Gasteiger partial charge in [0.25, 0.3) is 5.91 Å². The van der Waals surface area contributed by atoms with Crippen LogP contribution in [-0.4, -0.2) is 30.4 Å². The average Bonchev–Trinajstić information content (AvgIpc) is 3.54. The lowest BCUT2D eigenvalue weighted by Crippen LogP contribution is -2.52. The van der Waals surface area contributed by atoms with Crippen LogP contribution < -0.4 is 10.0 Å².